The van der Waals surface area contributed by atoms with Crippen LogP contribution in [0.25, 0.3) is 0 Å². The van der Waals surface area contributed by atoms with E-state index in [4.69, 9.17) is 4.74 Å². The van der Waals surface area contributed by atoms with E-state index in [1.807, 2.05) is 18.2 Å². The van der Waals surface area contributed by atoms with Gasteiger partial charge in [-0.25, -0.2) is 0 Å². The molecule has 0 aliphatic carbocycles. The molecule has 2 nitrogen and oxygen atoms in total. The molecule has 3 heteroatoms. The zero-order valence-corrected chi connectivity index (χ0v) is 8.63. The van der Waals surface area contributed by atoms with Crippen LogP contribution in [0.15, 0.2) is 30.3 Å². The van der Waals surface area contributed by atoms with Gasteiger partial charge < -0.3 is 4.74 Å². The van der Waals surface area contributed by atoms with E-state index in [0.717, 1.165) is 5.75 Å². The Bertz CT molecular complexity index is 310. The van der Waals surface area contributed by atoms with Gasteiger partial charge in [0.25, 0.3) is 0 Å². The van der Waals surface area contributed by atoms with E-state index in [2.05, 4.69) is 12.1 Å². The molecule has 0 N–H and O–H groups in total. The lowest BCUT2D eigenvalue weighted by Crippen LogP contribution is -2.01. The molecular formula is C11H12O2S. The highest BCUT2D eigenvalue weighted by atomic mass is 32.2. The average molecular weight is 208 g/mol. The summed E-state index contributed by atoms with van der Waals surface area (Å²) in [7, 11) is 0. The Kier molecular flexibility index (Phi) is 3.09. The minimum atomic E-state index is -0.0597. The second-order valence-electron chi connectivity index (χ2n) is 3.31. The summed E-state index contributed by atoms with van der Waals surface area (Å²) in [4.78, 5) is 10.8. The van der Waals surface area contributed by atoms with Gasteiger partial charge in [0.1, 0.15) is 6.61 Å². The van der Waals surface area contributed by atoms with E-state index in [1.54, 1.807) is 11.8 Å². The van der Waals surface area contributed by atoms with Crippen molar-refractivity contribution in [3.63, 3.8) is 0 Å². The largest absolute Gasteiger partial charge is 0.464 e. The van der Waals surface area contributed by atoms with E-state index in [-0.39, 0.29) is 5.97 Å². The van der Waals surface area contributed by atoms with E-state index in [9.17, 15) is 4.79 Å². The monoisotopic (exact) mass is 208 g/mol. The van der Waals surface area contributed by atoms with Crippen molar-refractivity contribution >= 4 is 17.7 Å². The van der Waals surface area contributed by atoms with Crippen molar-refractivity contribution in [1.82, 2.24) is 0 Å². The van der Waals surface area contributed by atoms with Gasteiger partial charge in [0.15, 0.2) is 0 Å². The first kappa shape index (κ1) is 9.59. The molecule has 0 unspecified atom stereocenters. The summed E-state index contributed by atoms with van der Waals surface area (Å²) in [6.07, 6.45) is 0.567. The summed E-state index contributed by atoms with van der Waals surface area (Å²) >= 11 is 1.80. The summed E-state index contributed by atoms with van der Waals surface area (Å²) in [6.45, 7) is 0.580. The lowest BCUT2D eigenvalue weighted by Gasteiger charge is -2.05. The topological polar surface area (TPSA) is 26.3 Å². The van der Waals surface area contributed by atoms with Crippen LogP contribution in [0.5, 0.6) is 0 Å². The number of hydrogen-bond donors (Lipinski definition) is 0. The maximum Gasteiger partial charge on any atom is 0.307 e. The average Bonchev–Trinajstić information content (AvgIpc) is 2.63. The molecule has 0 amide bonds. The Morgan fingerprint density at radius 1 is 1.36 bits per heavy atom. The molecule has 1 aliphatic rings. The molecule has 0 bridgehead atoms. The number of cyclic esters (lactones) is 1. The third-order valence-corrected chi connectivity index (χ3v) is 3.43. The van der Waals surface area contributed by atoms with Crippen LogP contribution in [0.4, 0.5) is 0 Å². The van der Waals surface area contributed by atoms with Crippen LogP contribution in [0.2, 0.25) is 0 Å². The van der Waals surface area contributed by atoms with Crippen molar-refractivity contribution in [1.29, 1.82) is 0 Å². The smallest absolute Gasteiger partial charge is 0.307 e. The molecule has 0 radical (unpaired) electrons. The fourth-order valence-electron chi connectivity index (χ4n) is 1.38. The Morgan fingerprint density at radius 2 is 2.14 bits per heavy atom. The fourth-order valence-corrected chi connectivity index (χ4v) is 2.42. The Labute approximate surface area is 87.6 Å². The summed E-state index contributed by atoms with van der Waals surface area (Å²) in [5.74, 6) is 0.901. The third-order valence-electron chi connectivity index (χ3n) is 2.15. The molecule has 1 aromatic carbocycles. The molecule has 0 aromatic heterocycles. The highest BCUT2D eigenvalue weighted by Crippen LogP contribution is 2.24. The quantitative estimate of drug-likeness (QED) is 0.712. The fraction of sp³-hybridized carbons (Fsp3) is 0.364. The van der Waals surface area contributed by atoms with Crippen LogP contribution < -0.4 is 0 Å². The second-order valence-corrected chi connectivity index (χ2v) is 4.59. The first-order valence-corrected chi connectivity index (χ1v) is 5.70. The number of rotatable bonds is 3. The number of carbonyl (C=O) groups excluding carboxylic acids is 1. The highest BCUT2D eigenvalue weighted by molar-refractivity contribution is 7.99. The standard InChI is InChI=1S/C11H12O2S/c12-11-6-10(7-13-11)14-8-9-4-2-1-3-5-9/h1-5,10H,6-8H2/t10-/m0/s1. The molecule has 1 saturated heterocycles. The number of hydrogen-bond acceptors (Lipinski definition) is 3. The predicted molar refractivity (Wildman–Crippen MR) is 57.1 cm³/mol. The molecule has 1 heterocycles. The summed E-state index contributed by atoms with van der Waals surface area (Å²) in [5.41, 5.74) is 1.30. The molecule has 1 atom stereocenters. The van der Waals surface area contributed by atoms with Gasteiger partial charge in [0.05, 0.1) is 6.42 Å². The first-order chi connectivity index (χ1) is 6.84. The maximum absolute atomic E-state index is 10.8. The lowest BCUT2D eigenvalue weighted by atomic mass is 10.2. The van der Waals surface area contributed by atoms with Crippen molar-refractivity contribution in [2.24, 2.45) is 0 Å². The lowest BCUT2D eigenvalue weighted by molar-refractivity contribution is -0.137. The van der Waals surface area contributed by atoms with Crippen LogP contribution >= 0.6 is 11.8 Å². The number of thioether (sulfide) groups is 1. The van der Waals surface area contributed by atoms with Crippen molar-refractivity contribution in [3.05, 3.63) is 35.9 Å². The van der Waals surface area contributed by atoms with E-state index in [0.29, 0.717) is 18.3 Å². The van der Waals surface area contributed by atoms with Gasteiger partial charge in [-0.3, -0.25) is 4.79 Å². The molecule has 1 fully saturated rings. The van der Waals surface area contributed by atoms with Gasteiger partial charge in [-0.2, -0.15) is 0 Å². The van der Waals surface area contributed by atoms with Gasteiger partial charge in [0, 0.05) is 11.0 Å². The number of ether oxygens (including phenoxy) is 1. The van der Waals surface area contributed by atoms with E-state index < -0.39 is 0 Å². The summed E-state index contributed by atoms with van der Waals surface area (Å²) < 4.78 is 4.89. The summed E-state index contributed by atoms with van der Waals surface area (Å²) in [6, 6.07) is 10.3. The molecular weight excluding hydrogens is 196 g/mol. The molecule has 1 aromatic rings. The molecule has 0 saturated carbocycles. The second kappa shape index (κ2) is 4.51. The Morgan fingerprint density at radius 3 is 2.79 bits per heavy atom. The van der Waals surface area contributed by atoms with Crippen molar-refractivity contribution < 1.29 is 9.53 Å². The van der Waals surface area contributed by atoms with Gasteiger partial charge in [-0.15, -0.1) is 11.8 Å². The van der Waals surface area contributed by atoms with Crippen LogP contribution in [-0.4, -0.2) is 17.8 Å². The van der Waals surface area contributed by atoms with E-state index in [1.165, 1.54) is 5.56 Å². The van der Waals surface area contributed by atoms with Crippen LogP contribution in [0, 0.1) is 0 Å². The van der Waals surface area contributed by atoms with Crippen LogP contribution in [0.1, 0.15) is 12.0 Å². The van der Waals surface area contributed by atoms with Crippen molar-refractivity contribution in [2.45, 2.75) is 17.4 Å². The van der Waals surface area contributed by atoms with Gasteiger partial charge in [-0.1, -0.05) is 30.3 Å². The zero-order valence-electron chi connectivity index (χ0n) is 7.81. The Balaban J connectivity index is 1.80. The van der Waals surface area contributed by atoms with Crippen molar-refractivity contribution in [3.8, 4) is 0 Å². The molecule has 2 rings (SSSR count). The van der Waals surface area contributed by atoms with Crippen LogP contribution in [-0.2, 0) is 15.3 Å². The first-order valence-electron chi connectivity index (χ1n) is 4.66. The zero-order chi connectivity index (χ0) is 9.80. The van der Waals surface area contributed by atoms with Gasteiger partial charge >= 0.3 is 5.97 Å². The minimum Gasteiger partial charge on any atom is -0.464 e. The van der Waals surface area contributed by atoms with Crippen molar-refractivity contribution in [2.75, 3.05) is 6.61 Å². The Hall–Kier alpha value is -0.960. The SMILES string of the molecule is O=C1C[C@H](SCc2ccccc2)CO1. The van der Waals surface area contributed by atoms with Gasteiger partial charge in [0.2, 0.25) is 0 Å². The molecule has 74 valence electrons. The predicted octanol–water partition coefficient (Wildman–Crippen LogP) is 2.24. The molecule has 1 aliphatic heterocycles. The molecule has 14 heavy (non-hydrogen) atoms. The highest BCUT2D eigenvalue weighted by Gasteiger charge is 2.23. The number of esters is 1. The normalized spacial score (nSPS) is 20.9. The van der Waals surface area contributed by atoms with E-state index >= 15 is 0 Å². The van der Waals surface area contributed by atoms with Gasteiger partial charge in [-0.05, 0) is 5.56 Å². The maximum atomic E-state index is 10.8. The molecule has 0 spiro atoms. The minimum absolute atomic E-state index is 0.0597. The third kappa shape index (κ3) is 2.51. The number of benzene rings is 1. The summed E-state index contributed by atoms with van der Waals surface area (Å²) in [5, 5.41) is 0.350. The number of carbonyl (C=O) groups is 1. The van der Waals surface area contributed by atoms with Crippen LogP contribution in [0.3, 0.4) is 0 Å².